The summed E-state index contributed by atoms with van der Waals surface area (Å²) in [5, 5.41) is 6.45. The van der Waals surface area contributed by atoms with Crippen LogP contribution in [0.15, 0.2) is 48.5 Å². The fraction of sp³-hybridized carbons (Fsp3) is 0.250. The first-order valence-corrected chi connectivity index (χ1v) is 9.15. The van der Waals surface area contributed by atoms with Gasteiger partial charge in [0, 0.05) is 17.3 Å². The van der Waals surface area contributed by atoms with Crippen LogP contribution >= 0.6 is 11.6 Å². The number of nitrogens with one attached hydrogen (secondary N) is 2. The fourth-order valence-corrected chi connectivity index (χ4v) is 5.01. The van der Waals surface area contributed by atoms with E-state index >= 15 is 0 Å². The van der Waals surface area contributed by atoms with Gasteiger partial charge in [-0.15, -0.1) is 0 Å². The molecule has 0 aromatic heterocycles. The Morgan fingerprint density at radius 3 is 2.48 bits per heavy atom. The Kier molecular flexibility index (Phi) is 3.30. The standard InChI is InChI=1S/C20H16ClN3O3/c1-10-15-16(18(26)24(17(15)25)14-9-5-3-7-12(14)21)20(23-10)11-6-2-4-8-13(11)22-19(20)27/h2-10,15-16,23H,1H3,(H,22,27)/t10-,15-,16-,20-/m0/s1. The van der Waals surface area contributed by atoms with Crippen molar-refractivity contribution in [2.45, 2.75) is 18.5 Å². The summed E-state index contributed by atoms with van der Waals surface area (Å²) in [5.74, 6) is -2.48. The molecule has 2 fully saturated rings. The van der Waals surface area contributed by atoms with Crippen molar-refractivity contribution in [2.24, 2.45) is 11.8 Å². The first kappa shape index (κ1) is 16.5. The highest BCUT2D eigenvalue weighted by molar-refractivity contribution is 6.36. The number of carbonyl (C=O) groups excluding carboxylic acids is 3. The van der Waals surface area contributed by atoms with Gasteiger partial charge in [0.15, 0.2) is 0 Å². The van der Waals surface area contributed by atoms with Crippen LogP contribution in [0.2, 0.25) is 5.02 Å². The molecular weight excluding hydrogens is 366 g/mol. The van der Waals surface area contributed by atoms with Gasteiger partial charge in [-0.25, -0.2) is 4.90 Å². The van der Waals surface area contributed by atoms with E-state index in [4.69, 9.17) is 11.6 Å². The highest BCUT2D eigenvalue weighted by Gasteiger charge is 2.69. The number of anilines is 2. The molecule has 2 saturated heterocycles. The monoisotopic (exact) mass is 381 g/mol. The third kappa shape index (κ3) is 1.91. The molecule has 3 aliphatic heterocycles. The molecular formula is C20H16ClN3O3. The Labute approximate surface area is 160 Å². The van der Waals surface area contributed by atoms with Gasteiger partial charge in [-0.2, -0.15) is 0 Å². The van der Waals surface area contributed by atoms with E-state index in [0.29, 0.717) is 22.0 Å². The van der Waals surface area contributed by atoms with Crippen molar-refractivity contribution in [2.75, 3.05) is 10.2 Å². The van der Waals surface area contributed by atoms with Gasteiger partial charge in [-0.3, -0.25) is 19.7 Å². The molecule has 0 saturated carbocycles. The van der Waals surface area contributed by atoms with E-state index < -0.39 is 23.3 Å². The molecule has 0 bridgehead atoms. The molecule has 2 aromatic carbocycles. The van der Waals surface area contributed by atoms with E-state index in [1.54, 1.807) is 30.3 Å². The number of para-hydroxylation sites is 2. The van der Waals surface area contributed by atoms with Crippen molar-refractivity contribution < 1.29 is 14.4 Å². The molecule has 3 heterocycles. The van der Waals surface area contributed by atoms with Gasteiger partial charge < -0.3 is 5.32 Å². The quantitative estimate of drug-likeness (QED) is 0.743. The van der Waals surface area contributed by atoms with E-state index in [1.807, 2.05) is 25.1 Å². The predicted molar refractivity (Wildman–Crippen MR) is 100 cm³/mol. The second kappa shape index (κ2) is 5.41. The van der Waals surface area contributed by atoms with Crippen LogP contribution in [-0.2, 0) is 19.9 Å². The van der Waals surface area contributed by atoms with Crippen LogP contribution in [0.1, 0.15) is 12.5 Å². The van der Waals surface area contributed by atoms with Crippen LogP contribution in [0.25, 0.3) is 0 Å². The lowest BCUT2D eigenvalue weighted by molar-refractivity contribution is -0.130. The van der Waals surface area contributed by atoms with Crippen molar-refractivity contribution >= 4 is 40.7 Å². The Morgan fingerprint density at radius 1 is 1.00 bits per heavy atom. The van der Waals surface area contributed by atoms with Gasteiger partial charge >= 0.3 is 0 Å². The maximum Gasteiger partial charge on any atom is 0.250 e. The molecule has 5 rings (SSSR count). The minimum atomic E-state index is -1.25. The number of imide groups is 1. The molecule has 136 valence electrons. The van der Waals surface area contributed by atoms with Gasteiger partial charge in [-0.05, 0) is 25.1 Å². The van der Waals surface area contributed by atoms with Crippen molar-refractivity contribution in [1.82, 2.24) is 5.32 Å². The summed E-state index contributed by atoms with van der Waals surface area (Å²) in [5.41, 5.74) is 0.483. The molecule has 0 unspecified atom stereocenters. The van der Waals surface area contributed by atoms with Gasteiger partial charge in [-0.1, -0.05) is 41.9 Å². The molecule has 3 aliphatic rings. The van der Waals surface area contributed by atoms with Crippen molar-refractivity contribution in [1.29, 1.82) is 0 Å². The lowest BCUT2D eigenvalue weighted by Crippen LogP contribution is -2.53. The first-order valence-electron chi connectivity index (χ1n) is 8.78. The number of amides is 3. The number of fused-ring (bicyclic) bond motifs is 4. The highest BCUT2D eigenvalue weighted by atomic mass is 35.5. The Balaban J connectivity index is 1.69. The van der Waals surface area contributed by atoms with Gasteiger partial charge in [0.25, 0.3) is 0 Å². The van der Waals surface area contributed by atoms with Crippen LogP contribution in [0.5, 0.6) is 0 Å². The summed E-state index contributed by atoms with van der Waals surface area (Å²) in [6, 6.07) is 13.7. The molecule has 2 N–H and O–H groups in total. The molecule has 6 nitrogen and oxygen atoms in total. The van der Waals surface area contributed by atoms with Gasteiger partial charge in [0.1, 0.15) is 5.54 Å². The Hall–Kier alpha value is -2.70. The lowest BCUT2D eigenvalue weighted by atomic mass is 9.76. The smallest absolute Gasteiger partial charge is 0.250 e. The second-order valence-electron chi connectivity index (χ2n) is 7.21. The van der Waals surface area contributed by atoms with Crippen LogP contribution in [0.3, 0.4) is 0 Å². The zero-order valence-corrected chi connectivity index (χ0v) is 15.2. The summed E-state index contributed by atoms with van der Waals surface area (Å²) in [7, 11) is 0. The number of benzene rings is 2. The number of hydrogen-bond donors (Lipinski definition) is 2. The fourth-order valence-electron chi connectivity index (χ4n) is 4.79. The number of hydrogen-bond acceptors (Lipinski definition) is 4. The first-order chi connectivity index (χ1) is 13.0. The van der Waals surface area contributed by atoms with Crippen LogP contribution in [-0.4, -0.2) is 23.8 Å². The summed E-state index contributed by atoms with van der Waals surface area (Å²) < 4.78 is 0. The normalized spacial score (nSPS) is 31.4. The third-order valence-electron chi connectivity index (χ3n) is 5.86. The van der Waals surface area contributed by atoms with E-state index in [1.165, 1.54) is 0 Å². The number of carbonyl (C=O) groups is 3. The van der Waals surface area contributed by atoms with Crippen molar-refractivity contribution in [3.8, 4) is 0 Å². The highest BCUT2D eigenvalue weighted by Crippen LogP contribution is 2.53. The number of rotatable bonds is 1. The predicted octanol–water partition coefficient (Wildman–Crippen LogP) is 2.28. The van der Waals surface area contributed by atoms with E-state index in [-0.39, 0.29) is 17.9 Å². The maximum absolute atomic E-state index is 13.4. The van der Waals surface area contributed by atoms with Gasteiger partial charge in [0.05, 0.1) is 22.5 Å². The summed E-state index contributed by atoms with van der Waals surface area (Å²) in [4.78, 5) is 40.8. The van der Waals surface area contributed by atoms with Crippen molar-refractivity contribution in [3.05, 3.63) is 59.1 Å². The maximum atomic E-state index is 13.4. The van der Waals surface area contributed by atoms with E-state index in [2.05, 4.69) is 10.6 Å². The zero-order chi connectivity index (χ0) is 18.9. The topological polar surface area (TPSA) is 78.5 Å². The van der Waals surface area contributed by atoms with Crippen LogP contribution in [0.4, 0.5) is 11.4 Å². The van der Waals surface area contributed by atoms with Crippen LogP contribution in [0, 0.1) is 11.8 Å². The Morgan fingerprint density at radius 2 is 1.70 bits per heavy atom. The summed E-state index contributed by atoms with van der Waals surface area (Å²) >= 11 is 6.25. The van der Waals surface area contributed by atoms with Crippen molar-refractivity contribution in [3.63, 3.8) is 0 Å². The molecule has 0 radical (unpaired) electrons. The molecule has 7 heteroatoms. The average Bonchev–Trinajstić information content (AvgIpc) is 3.21. The molecule has 4 atom stereocenters. The summed E-state index contributed by atoms with van der Waals surface area (Å²) in [6.07, 6.45) is 0. The minimum Gasteiger partial charge on any atom is -0.324 e. The number of nitrogens with zero attached hydrogens (tertiary/aromatic N) is 1. The average molecular weight is 382 g/mol. The second-order valence-corrected chi connectivity index (χ2v) is 7.61. The minimum absolute atomic E-state index is 0.301. The van der Waals surface area contributed by atoms with Crippen LogP contribution < -0.4 is 15.5 Å². The Bertz CT molecular complexity index is 1020. The molecule has 0 aliphatic carbocycles. The molecule has 3 amide bonds. The summed E-state index contributed by atoms with van der Waals surface area (Å²) in [6.45, 7) is 1.84. The molecule has 27 heavy (non-hydrogen) atoms. The van der Waals surface area contributed by atoms with E-state index in [0.717, 1.165) is 4.90 Å². The van der Waals surface area contributed by atoms with Gasteiger partial charge in [0.2, 0.25) is 17.7 Å². The SMILES string of the molecule is C[C@@H]1N[C@]2(C(=O)Nc3ccccc32)[C@@H]2C(=O)N(c3ccccc3Cl)C(=O)[C@@H]12. The lowest BCUT2D eigenvalue weighted by Gasteiger charge is -2.29. The van der Waals surface area contributed by atoms with E-state index in [9.17, 15) is 14.4 Å². The molecule has 2 aromatic rings. The molecule has 1 spiro atoms. The third-order valence-corrected chi connectivity index (χ3v) is 6.18. The zero-order valence-electron chi connectivity index (χ0n) is 14.4. The number of halogens is 1. The largest absolute Gasteiger partial charge is 0.324 e.